The first-order valence-corrected chi connectivity index (χ1v) is 5.62. The highest BCUT2D eigenvalue weighted by Crippen LogP contribution is 2.25. The summed E-state index contributed by atoms with van der Waals surface area (Å²) in [4.78, 5) is 12.1. The van der Waals surface area contributed by atoms with Crippen LogP contribution in [-0.4, -0.2) is 12.4 Å². The van der Waals surface area contributed by atoms with Crippen LogP contribution in [0.1, 0.15) is 36.7 Å². The molecular weight excluding hydrogens is 214 g/mol. The molecule has 0 heterocycles. The second-order valence-corrected chi connectivity index (χ2v) is 4.48. The van der Waals surface area contributed by atoms with Gasteiger partial charge in [-0.3, -0.25) is 4.79 Å². The van der Waals surface area contributed by atoms with Gasteiger partial charge in [0.1, 0.15) is 11.2 Å². The lowest BCUT2D eigenvalue weighted by Crippen LogP contribution is -2.22. The minimum absolute atomic E-state index is 0.161. The fraction of sp³-hybridized carbons (Fsp3) is 0.429. The smallest absolute Gasteiger partial charge is 0.182 e. The fourth-order valence-electron chi connectivity index (χ4n) is 1.52. The molecule has 0 amide bonds. The van der Waals surface area contributed by atoms with Gasteiger partial charge in [0.15, 0.2) is 5.78 Å². The molecule has 1 aromatic carbocycles. The number of hydrogen-bond acceptors (Lipinski definition) is 3. The van der Waals surface area contributed by atoms with E-state index in [0.717, 1.165) is 11.3 Å². The number of carbonyl (C=O) groups excluding carboxylic acids is 1. The summed E-state index contributed by atoms with van der Waals surface area (Å²) in [5.74, 6) is 0.616. The zero-order valence-electron chi connectivity index (χ0n) is 10.7. The third-order valence-electron chi connectivity index (χ3n) is 2.58. The molecule has 1 aromatic rings. The highest BCUT2D eigenvalue weighted by molar-refractivity contribution is 6.02. The lowest BCUT2D eigenvalue weighted by molar-refractivity contribution is 0.0892. The van der Waals surface area contributed by atoms with E-state index in [-0.39, 0.29) is 5.78 Å². The summed E-state index contributed by atoms with van der Waals surface area (Å²) in [6.07, 6.45) is 0. The number of ether oxygens (including phenoxy) is 1. The van der Waals surface area contributed by atoms with E-state index in [1.165, 1.54) is 0 Å². The van der Waals surface area contributed by atoms with Crippen LogP contribution in [0.4, 0.5) is 0 Å². The summed E-state index contributed by atoms with van der Waals surface area (Å²) in [6.45, 7) is 7.65. The molecule has 1 rings (SSSR count). The molecule has 17 heavy (non-hydrogen) atoms. The van der Waals surface area contributed by atoms with Crippen molar-refractivity contribution in [1.29, 1.82) is 5.26 Å². The van der Waals surface area contributed by atoms with Crippen LogP contribution in [0.15, 0.2) is 18.2 Å². The number of carbonyl (C=O) groups is 1. The number of nitrogens with zero attached hydrogens (tertiary/aromatic N) is 1. The third kappa shape index (κ3) is 2.85. The number of ketones is 1. The van der Waals surface area contributed by atoms with E-state index in [1.807, 2.05) is 19.9 Å². The van der Waals surface area contributed by atoms with Gasteiger partial charge < -0.3 is 4.74 Å². The molecule has 0 saturated carbocycles. The molecule has 0 atom stereocenters. The molecule has 0 unspecified atom stereocenters. The SMILES string of the molecule is CCOc1ccc(C(=O)C(C)(C)C#N)cc1C. The number of aryl methyl sites for hydroxylation is 1. The Morgan fingerprint density at radius 3 is 2.59 bits per heavy atom. The third-order valence-corrected chi connectivity index (χ3v) is 2.58. The predicted octanol–water partition coefficient (Wildman–Crippen LogP) is 3.13. The molecule has 0 aromatic heterocycles. The average Bonchev–Trinajstić information content (AvgIpc) is 2.31. The first-order chi connectivity index (χ1) is 7.92. The molecule has 0 aliphatic heterocycles. The monoisotopic (exact) mass is 231 g/mol. The molecule has 0 aliphatic rings. The Balaban J connectivity index is 3.07. The summed E-state index contributed by atoms with van der Waals surface area (Å²) in [7, 11) is 0. The van der Waals surface area contributed by atoms with E-state index in [1.54, 1.807) is 32.0 Å². The van der Waals surface area contributed by atoms with Gasteiger partial charge in [0.2, 0.25) is 0 Å². The van der Waals surface area contributed by atoms with Crippen molar-refractivity contribution in [1.82, 2.24) is 0 Å². The Bertz CT molecular complexity index is 470. The van der Waals surface area contributed by atoms with Gasteiger partial charge in [0.05, 0.1) is 12.7 Å². The van der Waals surface area contributed by atoms with Crippen molar-refractivity contribution in [3.8, 4) is 11.8 Å². The molecule has 0 bridgehead atoms. The van der Waals surface area contributed by atoms with Gasteiger partial charge in [-0.2, -0.15) is 5.26 Å². The van der Waals surface area contributed by atoms with Gasteiger partial charge in [-0.05, 0) is 51.5 Å². The predicted molar refractivity (Wildman–Crippen MR) is 66.1 cm³/mol. The number of hydrogen-bond donors (Lipinski definition) is 0. The maximum atomic E-state index is 12.1. The Morgan fingerprint density at radius 2 is 2.12 bits per heavy atom. The molecule has 0 spiro atoms. The molecule has 0 aliphatic carbocycles. The largest absolute Gasteiger partial charge is 0.494 e. The van der Waals surface area contributed by atoms with Crippen molar-refractivity contribution >= 4 is 5.78 Å². The minimum Gasteiger partial charge on any atom is -0.494 e. The Morgan fingerprint density at radius 1 is 1.47 bits per heavy atom. The average molecular weight is 231 g/mol. The van der Waals surface area contributed by atoms with Gasteiger partial charge >= 0.3 is 0 Å². The summed E-state index contributed by atoms with van der Waals surface area (Å²) >= 11 is 0. The number of rotatable bonds is 4. The fourth-order valence-corrected chi connectivity index (χ4v) is 1.52. The Labute approximate surface area is 102 Å². The highest BCUT2D eigenvalue weighted by Gasteiger charge is 2.28. The quantitative estimate of drug-likeness (QED) is 0.748. The normalized spacial score (nSPS) is 10.8. The molecule has 3 nitrogen and oxygen atoms in total. The summed E-state index contributed by atoms with van der Waals surface area (Å²) in [5.41, 5.74) is 0.475. The first kappa shape index (κ1) is 13.2. The molecule has 90 valence electrons. The Kier molecular flexibility index (Phi) is 3.90. The maximum Gasteiger partial charge on any atom is 0.182 e. The first-order valence-electron chi connectivity index (χ1n) is 5.62. The van der Waals surface area contributed by atoms with Crippen molar-refractivity contribution in [3.63, 3.8) is 0 Å². The van der Waals surface area contributed by atoms with Crippen molar-refractivity contribution in [2.24, 2.45) is 5.41 Å². The van der Waals surface area contributed by atoms with E-state index in [2.05, 4.69) is 0 Å². The van der Waals surface area contributed by atoms with Crippen LogP contribution in [0.2, 0.25) is 0 Å². The lowest BCUT2D eigenvalue weighted by Gasteiger charge is -2.15. The Hall–Kier alpha value is -1.82. The molecular formula is C14H17NO2. The van der Waals surface area contributed by atoms with Crippen LogP contribution in [0.3, 0.4) is 0 Å². The zero-order chi connectivity index (χ0) is 13.1. The van der Waals surface area contributed by atoms with Gasteiger partial charge in [-0.1, -0.05) is 0 Å². The van der Waals surface area contributed by atoms with Gasteiger partial charge in [0, 0.05) is 5.56 Å². The second kappa shape index (κ2) is 5.01. The second-order valence-electron chi connectivity index (χ2n) is 4.48. The standard InChI is InChI=1S/C14H17NO2/c1-5-17-12-7-6-11(8-10(12)2)13(16)14(3,4)9-15/h6-8H,5H2,1-4H3. The molecule has 0 fully saturated rings. The van der Waals surface area contributed by atoms with Crippen molar-refractivity contribution in [2.45, 2.75) is 27.7 Å². The van der Waals surface area contributed by atoms with Crippen LogP contribution in [0.5, 0.6) is 5.75 Å². The van der Waals surface area contributed by atoms with Crippen LogP contribution >= 0.6 is 0 Å². The van der Waals surface area contributed by atoms with E-state index >= 15 is 0 Å². The van der Waals surface area contributed by atoms with Crippen molar-refractivity contribution < 1.29 is 9.53 Å². The highest BCUT2D eigenvalue weighted by atomic mass is 16.5. The topological polar surface area (TPSA) is 50.1 Å². The van der Waals surface area contributed by atoms with Crippen molar-refractivity contribution in [2.75, 3.05) is 6.61 Å². The number of benzene rings is 1. The van der Waals surface area contributed by atoms with E-state index in [0.29, 0.717) is 12.2 Å². The lowest BCUT2D eigenvalue weighted by atomic mass is 9.85. The maximum absolute atomic E-state index is 12.1. The molecule has 3 heteroatoms. The van der Waals surface area contributed by atoms with Crippen LogP contribution in [0, 0.1) is 23.7 Å². The van der Waals surface area contributed by atoms with Gasteiger partial charge in [0.25, 0.3) is 0 Å². The van der Waals surface area contributed by atoms with E-state index in [4.69, 9.17) is 10.00 Å². The summed E-state index contributed by atoms with van der Waals surface area (Å²) in [5, 5.41) is 8.94. The van der Waals surface area contributed by atoms with Gasteiger partial charge in [-0.15, -0.1) is 0 Å². The van der Waals surface area contributed by atoms with Gasteiger partial charge in [-0.25, -0.2) is 0 Å². The van der Waals surface area contributed by atoms with E-state index < -0.39 is 5.41 Å². The molecule has 0 radical (unpaired) electrons. The zero-order valence-corrected chi connectivity index (χ0v) is 10.7. The summed E-state index contributed by atoms with van der Waals surface area (Å²) in [6, 6.07) is 7.27. The van der Waals surface area contributed by atoms with E-state index in [9.17, 15) is 4.79 Å². The summed E-state index contributed by atoms with van der Waals surface area (Å²) < 4.78 is 5.41. The molecule has 0 N–H and O–H groups in total. The van der Waals surface area contributed by atoms with Crippen LogP contribution in [-0.2, 0) is 0 Å². The molecule has 0 saturated heterocycles. The van der Waals surface area contributed by atoms with Crippen molar-refractivity contribution in [3.05, 3.63) is 29.3 Å². The minimum atomic E-state index is -0.987. The van der Waals surface area contributed by atoms with Crippen LogP contribution in [0.25, 0.3) is 0 Å². The number of nitriles is 1. The number of Topliss-reactive ketones (excluding diaryl/α,β-unsaturated/α-hetero) is 1. The van der Waals surface area contributed by atoms with Crippen LogP contribution < -0.4 is 4.74 Å².